The summed E-state index contributed by atoms with van der Waals surface area (Å²) >= 11 is 0. The number of nitrogens with zero attached hydrogens (tertiary/aromatic N) is 2. The lowest BCUT2D eigenvalue weighted by Gasteiger charge is -2.13. The van der Waals surface area contributed by atoms with Gasteiger partial charge in [0.15, 0.2) is 5.82 Å². The molecule has 0 unspecified atom stereocenters. The van der Waals surface area contributed by atoms with E-state index in [1.165, 1.54) is 23.0 Å². The number of aryl methyl sites for hydroxylation is 3. The van der Waals surface area contributed by atoms with E-state index in [9.17, 15) is 0 Å². The molecule has 2 aromatic carbocycles. The van der Waals surface area contributed by atoms with E-state index in [1.54, 1.807) is 0 Å². The second-order valence-electron chi connectivity index (χ2n) is 6.04. The van der Waals surface area contributed by atoms with Crippen molar-refractivity contribution in [1.82, 2.24) is 9.97 Å². The Morgan fingerprint density at radius 3 is 2.32 bits per heavy atom. The van der Waals surface area contributed by atoms with Crippen LogP contribution in [0.25, 0.3) is 0 Å². The number of benzene rings is 2. The normalized spacial score (nSPS) is 10.5. The number of nitrogens with two attached hydrogens (primary N) is 1. The van der Waals surface area contributed by atoms with Crippen LogP contribution in [0.4, 0.5) is 17.2 Å². The molecule has 25 heavy (non-hydrogen) atoms. The number of anilines is 3. The van der Waals surface area contributed by atoms with Crippen LogP contribution in [0.5, 0.6) is 11.6 Å². The summed E-state index contributed by atoms with van der Waals surface area (Å²) in [7, 11) is 0. The summed E-state index contributed by atoms with van der Waals surface area (Å²) in [6, 6.07) is 14.1. The molecule has 3 aromatic rings. The molecule has 0 aliphatic carbocycles. The lowest BCUT2D eigenvalue weighted by molar-refractivity contribution is 0.464. The number of nitrogens with one attached hydrogen (secondary N) is 1. The summed E-state index contributed by atoms with van der Waals surface area (Å²) in [5.41, 5.74) is 11.1. The number of nitrogen functional groups attached to an aromatic ring is 1. The molecule has 0 fully saturated rings. The Kier molecular flexibility index (Phi) is 4.84. The fourth-order valence-electron chi connectivity index (χ4n) is 2.65. The largest absolute Gasteiger partial charge is 0.437 e. The number of aromatic nitrogens is 2. The Hall–Kier alpha value is -3.08. The van der Waals surface area contributed by atoms with Crippen molar-refractivity contribution < 1.29 is 4.74 Å². The second kappa shape index (κ2) is 7.21. The van der Waals surface area contributed by atoms with Crippen molar-refractivity contribution in [3.05, 3.63) is 65.5 Å². The molecule has 0 aliphatic heterocycles. The average Bonchev–Trinajstić information content (AvgIpc) is 2.58. The maximum Gasteiger partial charge on any atom is 0.248 e. The number of ether oxygens (including phenoxy) is 1. The molecule has 0 radical (unpaired) electrons. The van der Waals surface area contributed by atoms with Crippen molar-refractivity contribution in [2.24, 2.45) is 0 Å². The molecule has 5 nitrogen and oxygen atoms in total. The van der Waals surface area contributed by atoms with Gasteiger partial charge in [0.2, 0.25) is 5.88 Å². The summed E-state index contributed by atoms with van der Waals surface area (Å²) in [5, 5.41) is 3.24. The highest BCUT2D eigenvalue weighted by Crippen LogP contribution is 2.31. The smallest absolute Gasteiger partial charge is 0.248 e. The lowest BCUT2D eigenvalue weighted by Crippen LogP contribution is -2.03. The molecule has 0 spiro atoms. The van der Waals surface area contributed by atoms with E-state index in [0.29, 0.717) is 23.1 Å². The predicted octanol–water partition coefficient (Wildman–Crippen LogP) is 4.77. The zero-order valence-corrected chi connectivity index (χ0v) is 14.7. The molecule has 0 bridgehead atoms. The van der Waals surface area contributed by atoms with Crippen LogP contribution in [0.1, 0.15) is 23.6 Å². The maximum absolute atomic E-state index is 6.20. The zero-order chi connectivity index (χ0) is 17.8. The third-order valence-corrected chi connectivity index (χ3v) is 3.88. The zero-order valence-electron chi connectivity index (χ0n) is 14.7. The molecular formula is C20H22N4O. The van der Waals surface area contributed by atoms with Gasteiger partial charge in [-0.3, -0.25) is 0 Å². The molecule has 0 aliphatic rings. The first-order valence-electron chi connectivity index (χ1n) is 8.27. The Bertz CT molecular complexity index is 855. The van der Waals surface area contributed by atoms with Gasteiger partial charge in [-0.2, -0.15) is 4.98 Å². The van der Waals surface area contributed by atoms with Crippen LogP contribution in [0.2, 0.25) is 0 Å². The average molecular weight is 334 g/mol. The minimum Gasteiger partial charge on any atom is -0.437 e. The molecule has 3 N–H and O–H groups in total. The molecule has 3 rings (SSSR count). The highest BCUT2D eigenvalue weighted by molar-refractivity contribution is 5.72. The molecule has 1 heterocycles. The van der Waals surface area contributed by atoms with Crippen LogP contribution in [-0.4, -0.2) is 9.97 Å². The van der Waals surface area contributed by atoms with Crippen molar-refractivity contribution in [3.8, 4) is 11.6 Å². The van der Waals surface area contributed by atoms with Gasteiger partial charge < -0.3 is 15.8 Å². The first-order chi connectivity index (χ1) is 12.0. The van der Waals surface area contributed by atoms with Gasteiger partial charge in [-0.05, 0) is 61.2 Å². The fraction of sp³-hybridized carbons (Fsp3) is 0.200. The highest BCUT2D eigenvalue weighted by Gasteiger charge is 2.11. The minimum atomic E-state index is 0.339. The van der Waals surface area contributed by atoms with Gasteiger partial charge in [0, 0.05) is 5.69 Å². The van der Waals surface area contributed by atoms with Gasteiger partial charge in [0.25, 0.3) is 0 Å². The summed E-state index contributed by atoms with van der Waals surface area (Å²) in [4.78, 5) is 8.39. The first-order valence-corrected chi connectivity index (χ1v) is 8.27. The topological polar surface area (TPSA) is 73.1 Å². The molecule has 0 saturated carbocycles. The summed E-state index contributed by atoms with van der Waals surface area (Å²) < 4.78 is 5.82. The van der Waals surface area contributed by atoms with Crippen molar-refractivity contribution in [2.75, 3.05) is 11.1 Å². The van der Waals surface area contributed by atoms with Gasteiger partial charge in [-0.25, -0.2) is 4.98 Å². The molecule has 128 valence electrons. The Morgan fingerprint density at radius 1 is 1.00 bits per heavy atom. The van der Waals surface area contributed by atoms with Crippen LogP contribution < -0.4 is 15.8 Å². The summed E-state index contributed by atoms with van der Waals surface area (Å²) in [6.07, 6.45) is 2.43. The van der Waals surface area contributed by atoms with Crippen LogP contribution >= 0.6 is 0 Å². The molecular weight excluding hydrogens is 312 g/mol. The van der Waals surface area contributed by atoms with E-state index in [2.05, 4.69) is 42.1 Å². The standard InChI is InChI=1S/C20H22N4O/c1-4-15-5-7-17(8-6-15)25-20-18(21)19(22-12-23-20)24-16-10-13(2)9-14(3)11-16/h5-12H,4,21H2,1-3H3,(H,22,23,24). The number of hydrogen-bond donors (Lipinski definition) is 2. The van der Waals surface area contributed by atoms with Gasteiger partial charge >= 0.3 is 0 Å². The van der Waals surface area contributed by atoms with E-state index < -0.39 is 0 Å². The number of rotatable bonds is 5. The second-order valence-corrected chi connectivity index (χ2v) is 6.04. The molecule has 5 heteroatoms. The molecule has 0 amide bonds. The lowest BCUT2D eigenvalue weighted by atomic mass is 10.1. The van der Waals surface area contributed by atoms with E-state index in [1.807, 2.05) is 36.4 Å². The van der Waals surface area contributed by atoms with E-state index >= 15 is 0 Å². The third-order valence-electron chi connectivity index (χ3n) is 3.88. The summed E-state index contributed by atoms with van der Waals surface area (Å²) in [6.45, 7) is 6.22. The Morgan fingerprint density at radius 2 is 1.68 bits per heavy atom. The molecule has 0 atom stereocenters. The van der Waals surface area contributed by atoms with Crippen LogP contribution in [0.15, 0.2) is 48.8 Å². The van der Waals surface area contributed by atoms with Gasteiger partial charge in [0.05, 0.1) is 0 Å². The van der Waals surface area contributed by atoms with Crippen molar-refractivity contribution >= 4 is 17.2 Å². The Labute approximate surface area is 147 Å². The minimum absolute atomic E-state index is 0.339. The van der Waals surface area contributed by atoms with Crippen LogP contribution in [0.3, 0.4) is 0 Å². The highest BCUT2D eigenvalue weighted by atomic mass is 16.5. The monoisotopic (exact) mass is 334 g/mol. The fourth-order valence-corrected chi connectivity index (χ4v) is 2.65. The van der Waals surface area contributed by atoms with E-state index in [4.69, 9.17) is 10.5 Å². The van der Waals surface area contributed by atoms with Crippen LogP contribution in [-0.2, 0) is 6.42 Å². The first kappa shape index (κ1) is 16.8. The van der Waals surface area contributed by atoms with Gasteiger partial charge in [0.1, 0.15) is 17.8 Å². The number of hydrogen-bond acceptors (Lipinski definition) is 5. The van der Waals surface area contributed by atoms with Crippen LogP contribution in [0, 0.1) is 13.8 Å². The van der Waals surface area contributed by atoms with Crippen molar-refractivity contribution in [3.63, 3.8) is 0 Å². The molecule has 1 aromatic heterocycles. The van der Waals surface area contributed by atoms with Gasteiger partial charge in [-0.1, -0.05) is 25.1 Å². The van der Waals surface area contributed by atoms with E-state index in [-0.39, 0.29) is 0 Å². The maximum atomic E-state index is 6.20. The van der Waals surface area contributed by atoms with Crippen molar-refractivity contribution in [1.29, 1.82) is 0 Å². The SMILES string of the molecule is CCc1ccc(Oc2ncnc(Nc3cc(C)cc(C)c3)c2N)cc1. The third kappa shape index (κ3) is 4.07. The quantitative estimate of drug-likeness (QED) is 0.703. The van der Waals surface area contributed by atoms with Gasteiger partial charge in [-0.15, -0.1) is 0 Å². The van der Waals surface area contributed by atoms with E-state index in [0.717, 1.165) is 12.1 Å². The summed E-state index contributed by atoms with van der Waals surface area (Å²) in [5.74, 6) is 1.56. The van der Waals surface area contributed by atoms with Crippen molar-refractivity contribution in [2.45, 2.75) is 27.2 Å². The molecule has 0 saturated heterocycles. The Balaban J connectivity index is 1.83. The predicted molar refractivity (Wildman–Crippen MR) is 102 cm³/mol.